The maximum Gasteiger partial charge on any atom is 0.327 e. The highest BCUT2D eigenvalue weighted by atomic mass is 35.5. The average Bonchev–Trinajstić information content (AvgIpc) is 2.64. The van der Waals surface area contributed by atoms with Gasteiger partial charge in [-0.2, -0.15) is 4.72 Å². The van der Waals surface area contributed by atoms with E-state index in [0.717, 1.165) is 18.3 Å². The third-order valence-electron chi connectivity index (χ3n) is 1.96. The van der Waals surface area contributed by atoms with Crippen LogP contribution in [-0.4, -0.2) is 36.7 Å². The summed E-state index contributed by atoms with van der Waals surface area (Å²) in [6.07, 6.45) is 0. The Morgan fingerprint density at radius 1 is 1.59 bits per heavy atom. The normalized spacial score (nSPS) is 15.5. The smallest absolute Gasteiger partial charge is 0.327 e. The molecule has 0 spiro atoms. The van der Waals surface area contributed by atoms with Crippen LogP contribution in [0.4, 0.5) is 0 Å². The molecule has 1 rings (SSSR count). The summed E-state index contributed by atoms with van der Waals surface area (Å²) in [6.45, 7) is 0.211. The van der Waals surface area contributed by atoms with Gasteiger partial charge in [-0.3, -0.25) is 4.79 Å². The number of carboxylic acid groups (broad SMARTS) is 1. The number of carboxylic acids is 1. The Hall–Kier alpha value is -0.670. The molecular formula is C8H10ClNO5S2. The molecule has 0 saturated carbocycles. The molecule has 0 amide bonds. The van der Waals surface area contributed by atoms with Crippen molar-refractivity contribution >= 4 is 38.9 Å². The van der Waals surface area contributed by atoms with Crippen LogP contribution in [0.1, 0.15) is 6.92 Å². The van der Waals surface area contributed by atoms with Gasteiger partial charge in [0.25, 0.3) is 10.0 Å². The molecular weight excluding hydrogens is 290 g/mol. The van der Waals surface area contributed by atoms with Gasteiger partial charge in [-0.1, -0.05) is 11.6 Å². The molecule has 0 unspecified atom stereocenters. The highest BCUT2D eigenvalue weighted by Crippen LogP contribution is 2.26. The second-order valence-electron chi connectivity index (χ2n) is 3.46. The zero-order valence-corrected chi connectivity index (χ0v) is 11.1. The largest absolute Gasteiger partial charge is 0.480 e. The summed E-state index contributed by atoms with van der Waals surface area (Å²) in [6, 6.07) is 2.65. The van der Waals surface area contributed by atoms with Crippen molar-refractivity contribution in [2.75, 3.05) is 6.61 Å². The number of hydrogen-bond donors (Lipinski definition) is 3. The lowest BCUT2D eigenvalue weighted by molar-refractivity contribution is -0.144. The number of halogens is 1. The van der Waals surface area contributed by atoms with E-state index in [2.05, 4.69) is 0 Å². The number of aliphatic hydroxyl groups is 1. The molecule has 1 aromatic rings. The number of hydrogen-bond acceptors (Lipinski definition) is 5. The first-order valence-corrected chi connectivity index (χ1v) is 7.02. The molecule has 0 saturated heterocycles. The van der Waals surface area contributed by atoms with Gasteiger partial charge >= 0.3 is 5.97 Å². The Labute approximate surface area is 107 Å². The fraction of sp³-hybridized carbons (Fsp3) is 0.375. The monoisotopic (exact) mass is 299 g/mol. The van der Waals surface area contributed by atoms with Gasteiger partial charge in [0.05, 0.1) is 10.9 Å². The standard InChI is InChI=1S/C8H10ClNO5S2/c1-8(4-11,7(12)13)10-17(14,15)6-3-2-5(9)16-6/h2-3,10-11H,4H2,1H3,(H,12,13)/t8-/m0/s1. The van der Waals surface area contributed by atoms with Crippen LogP contribution in [-0.2, 0) is 14.8 Å². The minimum absolute atomic E-state index is 0.108. The summed E-state index contributed by atoms with van der Waals surface area (Å²) < 4.78 is 25.7. The van der Waals surface area contributed by atoms with E-state index in [1.54, 1.807) is 0 Å². The van der Waals surface area contributed by atoms with Crippen LogP contribution in [0.25, 0.3) is 0 Å². The maximum atomic E-state index is 11.8. The fourth-order valence-electron chi connectivity index (χ4n) is 0.933. The van der Waals surface area contributed by atoms with E-state index in [1.165, 1.54) is 12.1 Å². The number of thiophene rings is 1. The topological polar surface area (TPSA) is 104 Å². The van der Waals surface area contributed by atoms with Crippen molar-refractivity contribution in [1.82, 2.24) is 4.72 Å². The van der Waals surface area contributed by atoms with Crippen molar-refractivity contribution < 1.29 is 23.4 Å². The fourth-order valence-corrected chi connectivity index (χ4v) is 3.77. The van der Waals surface area contributed by atoms with Gasteiger partial charge in [-0.15, -0.1) is 11.3 Å². The quantitative estimate of drug-likeness (QED) is 0.735. The van der Waals surface area contributed by atoms with Crippen molar-refractivity contribution in [1.29, 1.82) is 0 Å². The third-order valence-corrected chi connectivity index (χ3v) is 5.28. The van der Waals surface area contributed by atoms with Crippen LogP contribution in [0.2, 0.25) is 4.34 Å². The first kappa shape index (κ1) is 14.4. The van der Waals surface area contributed by atoms with E-state index in [9.17, 15) is 13.2 Å². The molecule has 0 fully saturated rings. The Balaban J connectivity index is 3.06. The number of nitrogens with one attached hydrogen (secondary N) is 1. The van der Waals surface area contributed by atoms with Gasteiger partial charge in [0.1, 0.15) is 9.75 Å². The maximum absolute atomic E-state index is 11.8. The molecule has 0 aliphatic carbocycles. The lowest BCUT2D eigenvalue weighted by Crippen LogP contribution is -2.54. The molecule has 1 aromatic heterocycles. The average molecular weight is 300 g/mol. The van der Waals surface area contributed by atoms with Crippen LogP contribution in [0.15, 0.2) is 16.3 Å². The van der Waals surface area contributed by atoms with E-state index in [4.69, 9.17) is 21.8 Å². The summed E-state index contributed by atoms with van der Waals surface area (Å²) in [5, 5.41) is 17.8. The predicted molar refractivity (Wildman–Crippen MR) is 62.8 cm³/mol. The van der Waals surface area contributed by atoms with E-state index < -0.39 is 28.1 Å². The predicted octanol–water partition coefficient (Wildman–Crippen LogP) is 0.515. The van der Waals surface area contributed by atoms with Crippen LogP contribution in [0, 0.1) is 0 Å². The van der Waals surface area contributed by atoms with Crippen molar-refractivity contribution in [2.24, 2.45) is 0 Å². The minimum Gasteiger partial charge on any atom is -0.480 e. The molecule has 1 heterocycles. The molecule has 6 nitrogen and oxygen atoms in total. The number of aliphatic hydroxyl groups excluding tert-OH is 1. The summed E-state index contributed by atoms with van der Waals surface area (Å²) in [7, 11) is -4.01. The van der Waals surface area contributed by atoms with Crippen LogP contribution >= 0.6 is 22.9 Å². The zero-order chi connectivity index (χ0) is 13.3. The van der Waals surface area contributed by atoms with Crippen molar-refractivity contribution in [3.8, 4) is 0 Å². The number of carbonyl (C=O) groups is 1. The molecule has 9 heteroatoms. The molecule has 1 atom stereocenters. The Morgan fingerprint density at radius 2 is 2.18 bits per heavy atom. The van der Waals surface area contributed by atoms with Gasteiger partial charge in [0, 0.05) is 0 Å². The van der Waals surface area contributed by atoms with E-state index in [0.29, 0.717) is 0 Å². The molecule has 0 aliphatic rings. The first-order valence-electron chi connectivity index (χ1n) is 4.35. The van der Waals surface area contributed by atoms with Crippen molar-refractivity contribution in [3.05, 3.63) is 16.5 Å². The summed E-state index contributed by atoms with van der Waals surface area (Å²) in [4.78, 5) is 10.9. The number of aliphatic carboxylic acids is 1. The lowest BCUT2D eigenvalue weighted by Gasteiger charge is -2.22. The van der Waals surface area contributed by atoms with Crippen molar-refractivity contribution in [3.63, 3.8) is 0 Å². The van der Waals surface area contributed by atoms with Crippen molar-refractivity contribution in [2.45, 2.75) is 16.7 Å². The molecule has 0 radical (unpaired) electrons. The highest BCUT2D eigenvalue weighted by Gasteiger charge is 2.37. The van der Waals surface area contributed by atoms with Gasteiger partial charge in [0.2, 0.25) is 0 Å². The molecule has 3 N–H and O–H groups in total. The Kier molecular flexibility index (Phi) is 4.15. The van der Waals surface area contributed by atoms with E-state index in [1.807, 2.05) is 4.72 Å². The second-order valence-corrected chi connectivity index (χ2v) is 7.08. The lowest BCUT2D eigenvalue weighted by atomic mass is 10.1. The summed E-state index contributed by atoms with van der Waals surface area (Å²) in [5.41, 5.74) is -1.96. The third kappa shape index (κ3) is 3.17. The van der Waals surface area contributed by atoms with Crippen LogP contribution in [0.3, 0.4) is 0 Å². The molecule has 0 aromatic carbocycles. The summed E-state index contributed by atoms with van der Waals surface area (Å²) >= 11 is 6.39. The first-order chi connectivity index (χ1) is 7.71. The highest BCUT2D eigenvalue weighted by molar-refractivity contribution is 7.91. The minimum atomic E-state index is -4.01. The number of sulfonamides is 1. The van der Waals surface area contributed by atoms with Crippen LogP contribution in [0.5, 0.6) is 0 Å². The SMILES string of the molecule is C[C@@](CO)(NS(=O)(=O)c1ccc(Cl)s1)C(=O)O. The molecule has 0 bridgehead atoms. The van der Waals surface area contributed by atoms with E-state index in [-0.39, 0.29) is 8.55 Å². The number of rotatable bonds is 5. The summed E-state index contributed by atoms with van der Waals surface area (Å²) in [5.74, 6) is -1.47. The zero-order valence-electron chi connectivity index (χ0n) is 8.68. The molecule has 96 valence electrons. The molecule has 0 aliphatic heterocycles. The van der Waals surface area contributed by atoms with Gasteiger partial charge in [-0.25, -0.2) is 8.42 Å². The van der Waals surface area contributed by atoms with Gasteiger partial charge < -0.3 is 10.2 Å². The Morgan fingerprint density at radius 3 is 2.53 bits per heavy atom. The van der Waals surface area contributed by atoms with Crippen LogP contribution < -0.4 is 4.72 Å². The van der Waals surface area contributed by atoms with Gasteiger partial charge in [0.15, 0.2) is 0 Å². The Bertz CT molecular complexity index is 526. The second kappa shape index (κ2) is 4.91. The van der Waals surface area contributed by atoms with E-state index >= 15 is 0 Å². The molecule has 17 heavy (non-hydrogen) atoms. The van der Waals surface area contributed by atoms with Gasteiger partial charge in [-0.05, 0) is 19.1 Å².